The monoisotopic (exact) mass is 418 g/mol. The maximum Gasteiger partial charge on any atom is 0.245 e. The first-order valence-electron chi connectivity index (χ1n) is 10.3. The van der Waals surface area contributed by atoms with Crippen LogP contribution in [0.5, 0.6) is 0 Å². The van der Waals surface area contributed by atoms with E-state index in [1.807, 2.05) is 41.9 Å². The van der Waals surface area contributed by atoms with Crippen LogP contribution in [0.4, 0.5) is 0 Å². The summed E-state index contributed by atoms with van der Waals surface area (Å²) in [5.74, 6) is 0.364. The molecule has 0 saturated heterocycles. The molecule has 0 atom stereocenters. The third-order valence-electron chi connectivity index (χ3n) is 5.56. The van der Waals surface area contributed by atoms with Gasteiger partial charge in [-0.2, -0.15) is 0 Å². The van der Waals surface area contributed by atoms with Gasteiger partial charge in [0.05, 0.1) is 30.1 Å². The molecule has 160 valence electrons. The first kappa shape index (κ1) is 20.7. The Bertz CT molecular complexity index is 1280. The Morgan fingerprint density at radius 1 is 1.10 bits per heavy atom. The van der Waals surface area contributed by atoms with Crippen LogP contribution in [-0.2, 0) is 29.5 Å². The SMILES string of the molecule is Cc1cc2occ(CC(=O)NNC(=O)Cc3nc4ccccc4n3C)c2cc1C(C)C. The first-order valence-corrected chi connectivity index (χ1v) is 10.3. The van der Waals surface area contributed by atoms with Crippen LogP contribution in [0, 0.1) is 6.92 Å². The summed E-state index contributed by atoms with van der Waals surface area (Å²) in [6.07, 6.45) is 1.78. The van der Waals surface area contributed by atoms with Crippen molar-refractivity contribution in [2.75, 3.05) is 0 Å². The summed E-state index contributed by atoms with van der Waals surface area (Å²) in [6.45, 7) is 6.34. The molecule has 0 aliphatic heterocycles. The third-order valence-corrected chi connectivity index (χ3v) is 5.56. The number of hydrogen-bond donors (Lipinski definition) is 2. The second-order valence-corrected chi connectivity index (χ2v) is 8.15. The van der Waals surface area contributed by atoms with Crippen molar-refractivity contribution < 1.29 is 14.0 Å². The minimum Gasteiger partial charge on any atom is -0.464 e. The Morgan fingerprint density at radius 3 is 2.52 bits per heavy atom. The van der Waals surface area contributed by atoms with Crippen molar-refractivity contribution in [2.45, 2.75) is 39.5 Å². The fraction of sp³-hybridized carbons (Fsp3) is 0.292. The highest BCUT2D eigenvalue weighted by Crippen LogP contribution is 2.29. The molecular formula is C24H26N4O3. The van der Waals surface area contributed by atoms with E-state index in [4.69, 9.17) is 4.42 Å². The lowest BCUT2D eigenvalue weighted by atomic mass is 9.95. The number of carbonyl (C=O) groups excluding carboxylic acids is 2. The quantitative estimate of drug-likeness (QED) is 0.484. The second-order valence-electron chi connectivity index (χ2n) is 8.15. The lowest BCUT2D eigenvalue weighted by molar-refractivity contribution is -0.128. The fourth-order valence-electron chi connectivity index (χ4n) is 3.90. The van der Waals surface area contributed by atoms with Gasteiger partial charge in [-0.3, -0.25) is 20.4 Å². The van der Waals surface area contributed by atoms with E-state index in [0.29, 0.717) is 11.7 Å². The number of benzene rings is 2. The number of fused-ring (bicyclic) bond motifs is 2. The molecule has 0 aliphatic rings. The van der Waals surface area contributed by atoms with Crippen LogP contribution < -0.4 is 10.9 Å². The number of nitrogens with zero attached hydrogens (tertiary/aromatic N) is 2. The summed E-state index contributed by atoms with van der Waals surface area (Å²) in [6, 6.07) is 11.8. The van der Waals surface area contributed by atoms with Gasteiger partial charge in [0.25, 0.3) is 0 Å². The van der Waals surface area contributed by atoms with Crippen LogP contribution in [0.3, 0.4) is 0 Å². The molecule has 7 nitrogen and oxygen atoms in total. The van der Waals surface area contributed by atoms with Crippen LogP contribution in [0.25, 0.3) is 22.0 Å². The van der Waals surface area contributed by atoms with Gasteiger partial charge in [0, 0.05) is 18.0 Å². The number of imidazole rings is 1. The summed E-state index contributed by atoms with van der Waals surface area (Å²) in [4.78, 5) is 29.2. The number of rotatable bonds is 5. The summed E-state index contributed by atoms with van der Waals surface area (Å²) in [5, 5.41) is 0.926. The van der Waals surface area contributed by atoms with Crippen molar-refractivity contribution in [1.29, 1.82) is 0 Å². The van der Waals surface area contributed by atoms with E-state index in [9.17, 15) is 9.59 Å². The lowest BCUT2D eigenvalue weighted by Crippen LogP contribution is -2.43. The third kappa shape index (κ3) is 4.17. The molecular weight excluding hydrogens is 392 g/mol. The summed E-state index contributed by atoms with van der Waals surface area (Å²) >= 11 is 0. The van der Waals surface area contributed by atoms with E-state index in [-0.39, 0.29) is 24.7 Å². The van der Waals surface area contributed by atoms with Gasteiger partial charge >= 0.3 is 0 Å². The zero-order chi connectivity index (χ0) is 22.1. The first-order chi connectivity index (χ1) is 14.8. The average Bonchev–Trinajstić information content (AvgIpc) is 3.26. The predicted octanol–water partition coefficient (Wildman–Crippen LogP) is 3.68. The zero-order valence-corrected chi connectivity index (χ0v) is 18.2. The molecule has 0 unspecified atom stereocenters. The van der Waals surface area contributed by atoms with Crippen molar-refractivity contribution in [3.8, 4) is 0 Å². The van der Waals surface area contributed by atoms with Crippen molar-refractivity contribution >= 4 is 33.8 Å². The van der Waals surface area contributed by atoms with Crippen molar-refractivity contribution in [2.24, 2.45) is 7.05 Å². The topological polar surface area (TPSA) is 89.2 Å². The predicted molar refractivity (Wildman–Crippen MR) is 119 cm³/mol. The Kier molecular flexibility index (Phi) is 5.50. The minimum atomic E-state index is -0.332. The lowest BCUT2D eigenvalue weighted by Gasteiger charge is -2.10. The Hall–Kier alpha value is -3.61. The van der Waals surface area contributed by atoms with Gasteiger partial charge in [0.15, 0.2) is 0 Å². The number of hydrazine groups is 1. The number of aryl methyl sites for hydroxylation is 2. The summed E-state index contributed by atoms with van der Waals surface area (Å²) < 4.78 is 7.51. The maximum atomic E-state index is 12.4. The molecule has 4 aromatic rings. The number of aromatic nitrogens is 2. The van der Waals surface area contributed by atoms with Gasteiger partial charge in [-0.25, -0.2) is 4.98 Å². The molecule has 0 spiro atoms. The molecule has 0 fully saturated rings. The number of hydrogen-bond acceptors (Lipinski definition) is 4. The zero-order valence-electron chi connectivity index (χ0n) is 18.2. The van der Waals surface area contributed by atoms with Crippen LogP contribution in [-0.4, -0.2) is 21.4 Å². The maximum absolute atomic E-state index is 12.4. The molecule has 0 bridgehead atoms. The molecule has 2 N–H and O–H groups in total. The molecule has 0 radical (unpaired) electrons. The Morgan fingerprint density at radius 2 is 1.81 bits per heavy atom. The molecule has 0 aliphatic carbocycles. The second kappa shape index (κ2) is 8.26. The van der Waals surface area contributed by atoms with E-state index >= 15 is 0 Å². The molecule has 2 amide bonds. The molecule has 2 aromatic carbocycles. The van der Waals surface area contributed by atoms with E-state index < -0.39 is 0 Å². The number of carbonyl (C=O) groups is 2. The van der Waals surface area contributed by atoms with E-state index in [0.717, 1.165) is 27.6 Å². The normalized spacial score (nSPS) is 11.4. The molecule has 2 heterocycles. The fourth-order valence-corrected chi connectivity index (χ4v) is 3.90. The Labute approximate surface area is 180 Å². The van der Waals surface area contributed by atoms with Gasteiger partial charge in [0.2, 0.25) is 11.8 Å². The molecule has 4 rings (SSSR count). The molecule has 31 heavy (non-hydrogen) atoms. The van der Waals surface area contributed by atoms with Crippen LogP contribution >= 0.6 is 0 Å². The van der Waals surface area contributed by atoms with Crippen LogP contribution in [0.15, 0.2) is 47.1 Å². The van der Waals surface area contributed by atoms with Crippen LogP contribution in [0.1, 0.15) is 42.3 Å². The average molecular weight is 418 g/mol. The van der Waals surface area contributed by atoms with E-state index in [1.165, 1.54) is 11.1 Å². The molecule has 7 heteroatoms. The minimum absolute atomic E-state index is 0.0666. The van der Waals surface area contributed by atoms with E-state index in [2.05, 4.69) is 42.7 Å². The van der Waals surface area contributed by atoms with Crippen LogP contribution in [0.2, 0.25) is 0 Å². The highest BCUT2D eigenvalue weighted by molar-refractivity contribution is 5.90. The molecule has 0 saturated carbocycles. The largest absolute Gasteiger partial charge is 0.464 e. The van der Waals surface area contributed by atoms with Gasteiger partial charge in [0.1, 0.15) is 11.4 Å². The van der Waals surface area contributed by atoms with Crippen molar-refractivity contribution in [3.63, 3.8) is 0 Å². The smallest absolute Gasteiger partial charge is 0.245 e. The summed E-state index contributed by atoms with van der Waals surface area (Å²) in [7, 11) is 1.87. The Balaban J connectivity index is 1.39. The van der Waals surface area contributed by atoms with E-state index in [1.54, 1.807) is 6.26 Å². The van der Waals surface area contributed by atoms with Gasteiger partial charge < -0.3 is 8.98 Å². The van der Waals surface area contributed by atoms with Gasteiger partial charge in [-0.05, 0) is 48.2 Å². The van der Waals surface area contributed by atoms with Gasteiger partial charge in [-0.1, -0.05) is 26.0 Å². The standard InChI is InChI=1S/C24H26N4O3/c1-14(2)17-11-18-16(13-31-21(18)9-15(17)3)10-23(29)26-27-24(30)12-22-25-19-7-5-6-8-20(19)28(22)4/h5-9,11,13-14H,10,12H2,1-4H3,(H,26,29)(H,27,30). The van der Waals surface area contributed by atoms with Crippen molar-refractivity contribution in [3.05, 3.63) is 65.2 Å². The van der Waals surface area contributed by atoms with Gasteiger partial charge in [-0.15, -0.1) is 0 Å². The number of furan rings is 1. The highest BCUT2D eigenvalue weighted by atomic mass is 16.3. The summed E-state index contributed by atoms with van der Waals surface area (Å²) in [5.41, 5.74) is 10.7. The number of para-hydroxylation sites is 2. The highest BCUT2D eigenvalue weighted by Gasteiger charge is 2.15. The number of amides is 2. The number of nitrogens with one attached hydrogen (secondary N) is 2. The molecule has 2 aromatic heterocycles. The van der Waals surface area contributed by atoms with Crippen molar-refractivity contribution in [1.82, 2.24) is 20.4 Å².